The third-order valence-electron chi connectivity index (χ3n) is 4.48. The molecule has 0 saturated carbocycles. The van der Waals surface area contributed by atoms with Crippen LogP contribution in [0.4, 0.5) is 0 Å². The van der Waals surface area contributed by atoms with Crippen molar-refractivity contribution in [3.05, 3.63) is 69.9 Å². The van der Waals surface area contributed by atoms with Crippen molar-refractivity contribution in [2.45, 2.75) is 25.9 Å². The second-order valence-corrected chi connectivity index (χ2v) is 9.79. The van der Waals surface area contributed by atoms with Crippen molar-refractivity contribution in [1.82, 2.24) is 4.57 Å². The van der Waals surface area contributed by atoms with Gasteiger partial charge in [0, 0.05) is 9.75 Å². The van der Waals surface area contributed by atoms with E-state index in [0.29, 0.717) is 9.20 Å². The topological polar surface area (TPSA) is 98.1 Å². The van der Waals surface area contributed by atoms with Gasteiger partial charge in [-0.25, -0.2) is 4.79 Å². The van der Waals surface area contributed by atoms with Crippen LogP contribution in [0.3, 0.4) is 0 Å². The van der Waals surface area contributed by atoms with E-state index in [1.807, 2.05) is 35.0 Å². The monoisotopic (exact) mass is 455 g/mol. The lowest BCUT2D eigenvalue weighted by Crippen LogP contribution is -2.40. The Bertz CT molecular complexity index is 1350. The molecule has 152 valence electrons. The minimum absolute atomic E-state index is 0.0547. The van der Waals surface area contributed by atoms with Crippen LogP contribution in [0, 0.1) is 11.3 Å². The summed E-state index contributed by atoms with van der Waals surface area (Å²) < 4.78 is 7.61. The van der Waals surface area contributed by atoms with E-state index in [1.165, 1.54) is 38.6 Å². The standard InChI is InChI=1S/C21H17N3O3S3/c1-11(2)27-21(26)17-16(14-6-4-8-29-14)13(10-22)18(23)24-19(25)15(30-20(17)24)9-12-5-3-7-28-12/h3-9,11,16H,23H2,1-2H3/b15-9+. The summed E-state index contributed by atoms with van der Waals surface area (Å²) in [7, 11) is 0. The van der Waals surface area contributed by atoms with Gasteiger partial charge in [-0.15, -0.1) is 34.0 Å². The highest BCUT2D eigenvalue weighted by Gasteiger charge is 2.37. The van der Waals surface area contributed by atoms with E-state index in [4.69, 9.17) is 10.5 Å². The van der Waals surface area contributed by atoms with E-state index in [-0.39, 0.29) is 28.6 Å². The number of thiazole rings is 1. The number of hydrogen-bond donors (Lipinski definition) is 1. The van der Waals surface area contributed by atoms with E-state index < -0.39 is 11.9 Å². The third-order valence-corrected chi connectivity index (χ3v) is 7.34. The molecule has 1 atom stereocenters. The lowest BCUT2D eigenvalue weighted by atomic mass is 9.88. The third kappa shape index (κ3) is 3.43. The van der Waals surface area contributed by atoms with Gasteiger partial charge in [-0.3, -0.25) is 9.36 Å². The fourth-order valence-electron chi connectivity index (χ4n) is 3.26. The Morgan fingerprint density at radius 2 is 2.03 bits per heavy atom. The van der Waals surface area contributed by atoms with Gasteiger partial charge in [0.15, 0.2) is 0 Å². The molecule has 1 aliphatic rings. The van der Waals surface area contributed by atoms with Gasteiger partial charge in [0.2, 0.25) is 0 Å². The molecule has 0 radical (unpaired) electrons. The summed E-state index contributed by atoms with van der Waals surface area (Å²) in [5, 5.41) is 13.7. The fraction of sp³-hybridized carbons (Fsp3) is 0.190. The average molecular weight is 456 g/mol. The van der Waals surface area contributed by atoms with Gasteiger partial charge in [-0.05, 0) is 42.8 Å². The summed E-state index contributed by atoms with van der Waals surface area (Å²) in [6.07, 6.45) is 1.42. The second kappa shape index (κ2) is 8.07. The normalized spacial score (nSPS) is 16.7. The Labute approximate surface area is 184 Å². The molecule has 2 N–H and O–H groups in total. The average Bonchev–Trinajstić information content (AvgIpc) is 3.44. The van der Waals surface area contributed by atoms with Crippen LogP contribution in [0.15, 0.2) is 45.4 Å². The molecule has 3 aromatic heterocycles. The number of thiophene rings is 2. The Balaban J connectivity index is 2.10. The van der Waals surface area contributed by atoms with Crippen molar-refractivity contribution in [1.29, 1.82) is 5.26 Å². The number of fused-ring (bicyclic) bond motifs is 1. The Morgan fingerprint density at radius 3 is 2.63 bits per heavy atom. The lowest BCUT2D eigenvalue weighted by molar-refractivity contribution is -0.140. The minimum atomic E-state index is -0.672. The van der Waals surface area contributed by atoms with Gasteiger partial charge in [-0.2, -0.15) is 5.26 Å². The molecule has 0 fully saturated rings. The summed E-state index contributed by atoms with van der Waals surface area (Å²) >= 11 is 4.11. The van der Waals surface area contributed by atoms with Gasteiger partial charge in [0.25, 0.3) is 5.56 Å². The molecule has 0 bridgehead atoms. The predicted octanol–water partition coefficient (Wildman–Crippen LogP) is 2.41. The first-order valence-corrected chi connectivity index (χ1v) is 11.7. The summed E-state index contributed by atoms with van der Waals surface area (Å²) in [5.41, 5.74) is 6.39. The van der Waals surface area contributed by atoms with Gasteiger partial charge in [0.1, 0.15) is 10.5 Å². The quantitative estimate of drug-likeness (QED) is 0.609. The molecule has 0 saturated heterocycles. The maximum Gasteiger partial charge on any atom is 0.338 e. The van der Waals surface area contributed by atoms with E-state index in [9.17, 15) is 14.9 Å². The second-order valence-electron chi connectivity index (χ2n) is 6.80. The van der Waals surface area contributed by atoms with Crippen LogP contribution >= 0.6 is 34.0 Å². The number of hydrogen-bond acceptors (Lipinski definition) is 8. The number of aromatic nitrogens is 1. The first-order chi connectivity index (χ1) is 14.4. The summed E-state index contributed by atoms with van der Waals surface area (Å²) in [6, 6.07) is 9.62. The smallest absolute Gasteiger partial charge is 0.338 e. The molecular weight excluding hydrogens is 438 g/mol. The highest BCUT2D eigenvalue weighted by atomic mass is 32.1. The van der Waals surface area contributed by atoms with Crippen molar-refractivity contribution in [2.75, 3.05) is 0 Å². The molecule has 0 aromatic carbocycles. The highest BCUT2D eigenvalue weighted by Crippen LogP contribution is 2.38. The van der Waals surface area contributed by atoms with Crippen molar-refractivity contribution in [3.8, 4) is 6.07 Å². The van der Waals surface area contributed by atoms with Crippen LogP contribution in [-0.2, 0) is 9.53 Å². The van der Waals surface area contributed by atoms with E-state index in [1.54, 1.807) is 19.9 Å². The molecule has 9 heteroatoms. The van der Waals surface area contributed by atoms with E-state index in [0.717, 1.165) is 9.75 Å². The van der Waals surface area contributed by atoms with Crippen LogP contribution in [0.1, 0.15) is 29.5 Å². The highest BCUT2D eigenvalue weighted by molar-refractivity contribution is 7.11. The largest absolute Gasteiger partial charge is 0.460 e. The first kappa shape index (κ1) is 20.3. The molecular formula is C21H17N3O3S3. The van der Waals surface area contributed by atoms with Crippen LogP contribution in [0.2, 0.25) is 0 Å². The number of nitriles is 1. The van der Waals surface area contributed by atoms with Crippen molar-refractivity contribution in [3.63, 3.8) is 0 Å². The number of nitrogens with two attached hydrogens (primary N) is 1. The Hall–Kier alpha value is -2.93. The van der Waals surface area contributed by atoms with Crippen LogP contribution in [0.5, 0.6) is 0 Å². The van der Waals surface area contributed by atoms with E-state index >= 15 is 0 Å². The number of carbonyl (C=O) groups excluding carboxylic acids is 1. The zero-order valence-electron chi connectivity index (χ0n) is 16.1. The molecule has 4 heterocycles. The molecule has 1 unspecified atom stereocenters. The van der Waals surface area contributed by atoms with Crippen LogP contribution in [-0.4, -0.2) is 16.6 Å². The van der Waals surface area contributed by atoms with Gasteiger partial charge in [-0.1, -0.05) is 12.1 Å². The Morgan fingerprint density at radius 1 is 1.30 bits per heavy atom. The summed E-state index contributed by atoms with van der Waals surface area (Å²) in [4.78, 5) is 28.0. The molecule has 4 rings (SSSR count). The zero-order chi connectivity index (χ0) is 21.4. The minimum Gasteiger partial charge on any atom is -0.460 e. The molecule has 0 aliphatic carbocycles. The van der Waals surface area contributed by atoms with Crippen LogP contribution < -0.4 is 20.5 Å². The first-order valence-electron chi connectivity index (χ1n) is 9.08. The number of rotatable bonds is 4. The SMILES string of the molecule is CC(C)OC(=O)C1=c2s/c(=C/c3cccs3)c(=O)n2C(N)=C(C#N)C1c1cccs1. The fourth-order valence-corrected chi connectivity index (χ4v) is 6.00. The molecule has 30 heavy (non-hydrogen) atoms. The number of ether oxygens (including phenoxy) is 1. The number of nitrogens with zero attached hydrogens (tertiary/aromatic N) is 2. The molecule has 3 aromatic rings. The molecule has 0 spiro atoms. The van der Waals surface area contributed by atoms with Crippen LogP contribution in [0.25, 0.3) is 17.5 Å². The maximum atomic E-state index is 13.2. The zero-order valence-corrected chi connectivity index (χ0v) is 18.6. The summed E-state index contributed by atoms with van der Waals surface area (Å²) in [5.74, 6) is -1.17. The van der Waals surface area contributed by atoms with Crippen molar-refractivity contribution >= 4 is 57.4 Å². The number of carbonyl (C=O) groups is 1. The van der Waals surface area contributed by atoms with Gasteiger partial charge in [0.05, 0.1) is 33.8 Å². The molecule has 0 amide bonds. The predicted molar refractivity (Wildman–Crippen MR) is 120 cm³/mol. The van der Waals surface area contributed by atoms with Crippen molar-refractivity contribution < 1.29 is 9.53 Å². The summed E-state index contributed by atoms with van der Waals surface area (Å²) in [6.45, 7) is 3.52. The Kier molecular flexibility index (Phi) is 5.47. The number of esters is 1. The van der Waals surface area contributed by atoms with Gasteiger partial charge < -0.3 is 10.5 Å². The van der Waals surface area contributed by atoms with Crippen molar-refractivity contribution in [2.24, 2.45) is 5.73 Å². The van der Waals surface area contributed by atoms with Gasteiger partial charge >= 0.3 is 5.97 Å². The molecule has 6 nitrogen and oxygen atoms in total. The number of allylic oxidation sites excluding steroid dienone is 1. The molecule has 1 aliphatic heterocycles. The maximum absolute atomic E-state index is 13.2. The lowest BCUT2D eigenvalue weighted by Gasteiger charge is -2.24. The van der Waals surface area contributed by atoms with E-state index in [2.05, 4.69) is 6.07 Å².